The van der Waals surface area contributed by atoms with E-state index in [9.17, 15) is 4.79 Å². The van der Waals surface area contributed by atoms with Crippen LogP contribution < -0.4 is 5.32 Å². The van der Waals surface area contributed by atoms with Gasteiger partial charge in [0, 0.05) is 43.6 Å². The fraction of sp³-hybridized carbons (Fsp3) is 0.706. The predicted octanol–water partition coefficient (Wildman–Crippen LogP) is 2.74. The molecule has 23 heavy (non-hydrogen) atoms. The molecule has 0 radical (unpaired) electrons. The maximum atomic E-state index is 12.1. The third kappa shape index (κ3) is 5.78. The van der Waals surface area contributed by atoms with Crippen molar-refractivity contribution in [2.45, 2.75) is 70.7 Å². The molecule has 1 amide bonds. The molecule has 0 saturated heterocycles. The van der Waals surface area contributed by atoms with Crippen LogP contribution >= 0.6 is 0 Å². The highest BCUT2D eigenvalue weighted by Crippen LogP contribution is 2.24. The van der Waals surface area contributed by atoms with Gasteiger partial charge in [0.15, 0.2) is 0 Å². The number of hydrogen-bond donors (Lipinski definition) is 1. The summed E-state index contributed by atoms with van der Waals surface area (Å²) in [6.07, 6.45) is 9.11. The lowest BCUT2D eigenvalue weighted by molar-refractivity contribution is 0.0179. The van der Waals surface area contributed by atoms with Crippen molar-refractivity contribution in [2.75, 3.05) is 7.05 Å². The average molecular weight is 320 g/mol. The molecule has 1 heterocycles. The zero-order chi connectivity index (χ0) is 16.9. The van der Waals surface area contributed by atoms with Gasteiger partial charge in [-0.1, -0.05) is 0 Å². The second kappa shape index (κ2) is 7.73. The van der Waals surface area contributed by atoms with Gasteiger partial charge in [0.1, 0.15) is 11.9 Å². The molecule has 2 rings (SSSR count). The van der Waals surface area contributed by atoms with E-state index >= 15 is 0 Å². The Balaban J connectivity index is 1.74. The Hall–Kier alpha value is -1.69. The first kappa shape index (κ1) is 17.7. The second-order valence-corrected chi connectivity index (χ2v) is 7.22. The number of rotatable bonds is 4. The van der Waals surface area contributed by atoms with E-state index < -0.39 is 5.60 Å². The minimum Gasteiger partial charge on any atom is -0.444 e. The van der Waals surface area contributed by atoms with Gasteiger partial charge < -0.3 is 15.0 Å². The first-order valence-electron chi connectivity index (χ1n) is 8.28. The third-order valence-electron chi connectivity index (χ3n) is 4.13. The monoisotopic (exact) mass is 320 g/mol. The lowest BCUT2D eigenvalue weighted by atomic mass is 9.90. The molecule has 1 N–H and O–H groups in total. The minimum atomic E-state index is -0.443. The van der Waals surface area contributed by atoms with Crippen LogP contribution in [0.25, 0.3) is 0 Å². The Labute approximate surface area is 138 Å². The first-order valence-corrected chi connectivity index (χ1v) is 8.28. The summed E-state index contributed by atoms with van der Waals surface area (Å²) < 4.78 is 5.44. The summed E-state index contributed by atoms with van der Waals surface area (Å²) in [5.74, 6) is 0. The van der Waals surface area contributed by atoms with Crippen LogP contribution in [0.1, 0.15) is 52.0 Å². The lowest BCUT2D eigenvalue weighted by Gasteiger charge is -2.35. The van der Waals surface area contributed by atoms with Crippen LogP contribution in [0.15, 0.2) is 18.7 Å². The molecule has 0 spiro atoms. The van der Waals surface area contributed by atoms with Crippen LogP contribution in [0.2, 0.25) is 0 Å². The van der Waals surface area contributed by atoms with E-state index in [0.717, 1.165) is 37.8 Å². The van der Waals surface area contributed by atoms with E-state index in [0.29, 0.717) is 6.04 Å². The van der Waals surface area contributed by atoms with Gasteiger partial charge in [-0.05, 0) is 46.5 Å². The quantitative estimate of drug-likeness (QED) is 0.924. The molecular formula is C17H28N4O2. The summed E-state index contributed by atoms with van der Waals surface area (Å²) >= 11 is 0. The number of carbonyl (C=O) groups excluding carboxylic acids is 1. The smallest absolute Gasteiger partial charge is 0.410 e. The maximum Gasteiger partial charge on any atom is 0.410 e. The van der Waals surface area contributed by atoms with Crippen LogP contribution in [0.4, 0.5) is 4.79 Å². The van der Waals surface area contributed by atoms with E-state index in [1.54, 1.807) is 11.2 Å². The molecule has 6 nitrogen and oxygen atoms in total. The molecule has 0 atom stereocenters. The highest BCUT2D eigenvalue weighted by atomic mass is 16.6. The second-order valence-electron chi connectivity index (χ2n) is 7.22. The highest BCUT2D eigenvalue weighted by Gasteiger charge is 2.29. The van der Waals surface area contributed by atoms with Crippen LogP contribution in [-0.4, -0.2) is 45.7 Å². The molecule has 1 aromatic heterocycles. The van der Waals surface area contributed by atoms with Gasteiger partial charge in [0.2, 0.25) is 0 Å². The maximum absolute atomic E-state index is 12.1. The Bertz CT molecular complexity index is 493. The summed E-state index contributed by atoms with van der Waals surface area (Å²) in [6, 6.07) is 0.751. The van der Waals surface area contributed by atoms with Crippen molar-refractivity contribution in [3.8, 4) is 0 Å². The molecule has 1 aliphatic carbocycles. The molecule has 1 aromatic rings. The van der Waals surface area contributed by atoms with Gasteiger partial charge in [-0.3, -0.25) is 0 Å². The van der Waals surface area contributed by atoms with E-state index in [1.165, 1.54) is 0 Å². The summed E-state index contributed by atoms with van der Waals surface area (Å²) in [5, 5.41) is 3.55. The number of aromatic nitrogens is 2. The van der Waals surface area contributed by atoms with Crippen molar-refractivity contribution in [2.24, 2.45) is 0 Å². The van der Waals surface area contributed by atoms with Crippen LogP contribution in [0.3, 0.4) is 0 Å². The van der Waals surface area contributed by atoms with Gasteiger partial charge in [-0.2, -0.15) is 0 Å². The molecule has 1 fully saturated rings. The van der Waals surface area contributed by atoms with Crippen molar-refractivity contribution < 1.29 is 9.53 Å². The van der Waals surface area contributed by atoms with Crippen molar-refractivity contribution in [3.05, 3.63) is 24.3 Å². The van der Waals surface area contributed by atoms with Crippen molar-refractivity contribution in [1.82, 2.24) is 20.2 Å². The van der Waals surface area contributed by atoms with Gasteiger partial charge in [-0.15, -0.1) is 0 Å². The standard InChI is InChI=1S/C17H28N4O2/c1-17(2,3)23-16(22)21(4)15-7-5-14(6-8-15)20-11-13-9-18-12-19-10-13/h9-10,12,14-15,20H,5-8,11H2,1-4H3. The third-order valence-corrected chi connectivity index (χ3v) is 4.13. The Kier molecular flexibility index (Phi) is 5.93. The average Bonchev–Trinajstić information content (AvgIpc) is 2.52. The van der Waals surface area contributed by atoms with Crippen LogP contribution in [-0.2, 0) is 11.3 Å². The zero-order valence-corrected chi connectivity index (χ0v) is 14.6. The normalized spacial score (nSPS) is 21.7. The zero-order valence-electron chi connectivity index (χ0n) is 14.6. The Morgan fingerprint density at radius 1 is 1.26 bits per heavy atom. The van der Waals surface area contributed by atoms with Crippen LogP contribution in [0, 0.1) is 0 Å². The summed E-state index contributed by atoms with van der Waals surface area (Å²) in [7, 11) is 1.84. The molecule has 0 aromatic carbocycles. The summed E-state index contributed by atoms with van der Waals surface area (Å²) in [5.41, 5.74) is 0.655. The molecule has 0 bridgehead atoms. The van der Waals surface area contributed by atoms with Gasteiger partial charge >= 0.3 is 6.09 Å². The number of nitrogens with zero attached hydrogens (tertiary/aromatic N) is 3. The number of amides is 1. The molecule has 0 unspecified atom stereocenters. The van der Waals surface area contributed by atoms with E-state index in [2.05, 4.69) is 15.3 Å². The van der Waals surface area contributed by atoms with Crippen molar-refractivity contribution in [3.63, 3.8) is 0 Å². The van der Waals surface area contributed by atoms with E-state index in [-0.39, 0.29) is 12.1 Å². The summed E-state index contributed by atoms with van der Waals surface area (Å²) in [4.78, 5) is 21.9. The first-order chi connectivity index (χ1) is 10.8. The largest absolute Gasteiger partial charge is 0.444 e. The highest BCUT2D eigenvalue weighted by molar-refractivity contribution is 5.68. The molecular weight excluding hydrogens is 292 g/mol. The predicted molar refractivity (Wildman–Crippen MR) is 88.9 cm³/mol. The number of hydrogen-bond acceptors (Lipinski definition) is 5. The number of carbonyl (C=O) groups is 1. The summed E-state index contributed by atoms with van der Waals surface area (Å²) in [6.45, 7) is 6.48. The minimum absolute atomic E-state index is 0.227. The fourth-order valence-electron chi connectivity index (χ4n) is 2.83. The molecule has 1 saturated carbocycles. The van der Waals surface area contributed by atoms with Crippen molar-refractivity contribution >= 4 is 6.09 Å². The van der Waals surface area contributed by atoms with Crippen LogP contribution in [0.5, 0.6) is 0 Å². The number of ether oxygens (including phenoxy) is 1. The van der Waals surface area contributed by atoms with Gasteiger partial charge in [0.25, 0.3) is 0 Å². The van der Waals surface area contributed by atoms with Gasteiger partial charge in [-0.25, -0.2) is 14.8 Å². The lowest BCUT2D eigenvalue weighted by Crippen LogP contribution is -2.44. The molecule has 128 valence electrons. The Morgan fingerprint density at radius 3 is 2.43 bits per heavy atom. The topological polar surface area (TPSA) is 67.3 Å². The van der Waals surface area contributed by atoms with E-state index in [1.807, 2.05) is 40.2 Å². The fourth-order valence-corrected chi connectivity index (χ4v) is 2.83. The molecule has 6 heteroatoms. The van der Waals surface area contributed by atoms with E-state index in [4.69, 9.17) is 4.74 Å². The van der Waals surface area contributed by atoms with Crippen molar-refractivity contribution in [1.29, 1.82) is 0 Å². The SMILES string of the molecule is CN(C(=O)OC(C)(C)C)C1CCC(NCc2cncnc2)CC1. The molecule has 0 aliphatic heterocycles. The Morgan fingerprint density at radius 2 is 1.87 bits per heavy atom. The van der Waals surface area contributed by atoms with Gasteiger partial charge in [0.05, 0.1) is 0 Å². The number of nitrogens with one attached hydrogen (secondary N) is 1. The molecule has 1 aliphatic rings.